The molecule has 24 heteroatoms. The number of carbonyl (C=O) groups excluding carboxylic acids is 4. The Labute approximate surface area is 484 Å². The van der Waals surface area contributed by atoms with Gasteiger partial charge in [-0.3, -0.25) is 14.4 Å². The van der Waals surface area contributed by atoms with Crippen molar-refractivity contribution in [2.24, 2.45) is 28.2 Å². The first-order chi connectivity index (χ1) is 40.5. The molecule has 8 aromatic rings. The van der Waals surface area contributed by atoms with Gasteiger partial charge in [-0.25, -0.2) is 33.5 Å². The van der Waals surface area contributed by atoms with Crippen LogP contribution in [-0.2, 0) is 38.0 Å². The normalized spacial score (nSPS) is 23.6. The molecule has 4 aromatic carbocycles. The lowest BCUT2D eigenvalue weighted by Crippen LogP contribution is -2.46. The first-order valence-electron chi connectivity index (χ1n) is 27.3. The first kappa shape index (κ1) is 56.1. The number of nitrogens with zero attached hydrogens (tertiary/aromatic N) is 4. The van der Waals surface area contributed by atoms with Crippen molar-refractivity contribution in [1.82, 2.24) is 30.6 Å². The van der Waals surface area contributed by atoms with Crippen LogP contribution in [0.15, 0.2) is 103 Å². The number of fused-ring (bicyclic) bond motifs is 8. The Kier molecular flexibility index (Phi) is 13.3. The number of rotatable bonds is 4. The number of halogens is 2. The molecule has 8 bridgehead atoms. The fourth-order valence-electron chi connectivity index (χ4n) is 12.2. The lowest BCUT2D eigenvalue weighted by Gasteiger charge is -2.31. The van der Waals surface area contributed by atoms with E-state index in [-0.39, 0.29) is 82.0 Å². The van der Waals surface area contributed by atoms with Crippen LogP contribution < -0.4 is 42.2 Å². The number of benzene rings is 4. The molecule has 0 saturated heterocycles. The van der Waals surface area contributed by atoms with Gasteiger partial charge in [0, 0.05) is 46.7 Å². The highest BCUT2D eigenvalue weighted by Crippen LogP contribution is 2.62. The molecule has 6 aliphatic heterocycles. The quantitative estimate of drug-likeness (QED) is 0.0824. The van der Waals surface area contributed by atoms with Crippen LogP contribution in [0.5, 0.6) is 11.5 Å². The van der Waals surface area contributed by atoms with Gasteiger partial charge in [0.2, 0.25) is 35.4 Å². The number of hydrogen-bond donors (Lipinski definition) is 7. The van der Waals surface area contributed by atoms with Crippen molar-refractivity contribution in [2.75, 3.05) is 24.9 Å². The number of amides is 3. The Morgan fingerprint density at radius 3 is 1.55 bits per heavy atom. The average molecular weight is 1160 g/mol. The maximum Gasteiger partial charge on any atom is 0.360 e. The summed E-state index contributed by atoms with van der Waals surface area (Å²) in [7, 11) is 2.25. The number of methoxy groups -OCH3 is 1. The zero-order valence-corrected chi connectivity index (χ0v) is 47.6. The highest BCUT2D eigenvalue weighted by molar-refractivity contribution is 5.91. The summed E-state index contributed by atoms with van der Waals surface area (Å²) in [6.45, 7) is 13.6. The van der Waals surface area contributed by atoms with E-state index in [9.17, 15) is 28.0 Å². The molecule has 0 aliphatic carbocycles. The Morgan fingerprint density at radius 2 is 1.09 bits per heavy atom. The number of nitrogens with one attached hydrogen (secondary N) is 4. The van der Waals surface area contributed by atoms with E-state index < -0.39 is 75.8 Å². The number of hydrogen-bond acceptors (Lipinski definition) is 19. The Bertz CT molecular complexity index is 4040. The van der Waals surface area contributed by atoms with Crippen molar-refractivity contribution in [1.29, 1.82) is 0 Å². The van der Waals surface area contributed by atoms with Gasteiger partial charge in [0.15, 0.2) is 46.8 Å². The van der Waals surface area contributed by atoms with Crippen LogP contribution >= 0.6 is 0 Å². The Balaban J connectivity index is 0.000000162. The summed E-state index contributed by atoms with van der Waals surface area (Å²) in [5.41, 5.74) is 14.0. The second kappa shape index (κ2) is 20.1. The maximum atomic E-state index is 15.0. The Morgan fingerprint density at radius 1 is 0.635 bits per heavy atom. The minimum absolute atomic E-state index is 0.00482. The predicted octanol–water partition coefficient (Wildman–Crippen LogP) is 7.87. The van der Waals surface area contributed by atoms with E-state index in [1.54, 1.807) is 18.2 Å². The maximum absolute atomic E-state index is 15.0. The number of nitrogens with two attached hydrogens (primary N) is 2. The van der Waals surface area contributed by atoms with Crippen LogP contribution in [0.2, 0.25) is 0 Å². The standard InChI is InChI=1S/C31H29FN4O6.C29H27FN6O5.CH4O/c1-14-10-15-6-9-21-18(11-15)31(17-12-16(32)7-8-19(17)34-29(31)41-21)24-22(26-33-20(13-40-26)28(38)39-5)35-27(42-24)23(30(2,3)4)36-25(14)37;1-28(2,3)21-26-35-20(25-33-18(11-39-25)23(32)37)22(41-26)29-14-10-13(30)5-6-17(14)34-27(29)40-19-7-4-12(8-15(19)29)9-16(31)24(38)36-21;1-2/h6-9,11-14,23,29,34H,10H2,1-5H3,(H,36,37);4-8,10-11,16,21,27,34H,9,31H2,1-3H3,(H2,32,37)(H,36,38);2H,1H3/t14-,23+,29+,31-;16-,21+,27+,29-;/m00./s1. The highest BCUT2D eigenvalue weighted by atomic mass is 19.1. The lowest BCUT2D eigenvalue weighted by molar-refractivity contribution is -0.126. The molecular weight excluding hydrogens is 1100 g/mol. The van der Waals surface area contributed by atoms with Gasteiger partial charge >= 0.3 is 5.97 Å². The molecule has 10 heterocycles. The molecule has 4 aromatic heterocycles. The number of aliphatic hydroxyl groups excluding tert-OH is 1. The van der Waals surface area contributed by atoms with E-state index in [0.717, 1.165) is 30.1 Å². The summed E-state index contributed by atoms with van der Waals surface area (Å²) in [4.78, 5) is 69.3. The summed E-state index contributed by atoms with van der Waals surface area (Å²) >= 11 is 0. The fourth-order valence-corrected chi connectivity index (χ4v) is 12.2. The van der Waals surface area contributed by atoms with Crippen LogP contribution in [0.1, 0.15) is 138 Å². The second-order valence-electron chi connectivity index (χ2n) is 23.9. The molecule has 0 radical (unpaired) electrons. The van der Waals surface area contributed by atoms with Crippen molar-refractivity contribution < 1.29 is 64.9 Å². The monoisotopic (exact) mass is 1160 g/mol. The number of ether oxygens (including phenoxy) is 3. The number of aliphatic hydroxyl groups is 1. The summed E-state index contributed by atoms with van der Waals surface area (Å²) in [5, 5.41) is 19.9. The largest absolute Gasteiger partial charge is 0.469 e. The number of carbonyl (C=O) groups is 4. The molecule has 22 nitrogen and oxygen atoms in total. The smallest absolute Gasteiger partial charge is 0.360 e. The molecule has 440 valence electrons. The number of aromatic nitrogens is 4. The number of primary amides is 1. The predicted molar refractivity (Wildman–Crippen MR) is 299 cm³/mol. The summed E-state index contributed by atoms with van der Waals surface area (Å²) in [6, 6.07) is 18.0. The molecule has 85 heavy (non-hydrogen) atoms. The molecule has 8 atom stereocenters. The van der Waals surface area contributed by atoms with Crippen LogP contribution in [0.25, 0.3) is 23.2 Å². The van der Waals surface area contributed by atoms with Gasteiger partial charge in [-0.05, 0) is 83.3 Å². The molecular formula is C61H60F2N10O12. The van der Waals surface area contributed by atoms with Gasteiger partial charge in [0.1, 0.15) is 58.6 Å². The summed E-state index contributed by atoms with van der Waals surface area (Å²) in [5.74, 6) is -1.24. The third-order valence-corrected chi connectivity index (χ3v) is 16.2. The van der Waals surface area contributed by atoms with Crippen LogP contribution in [0.4, 0.5) is 20.2 Å². The second-order valence-corrected chi connectivity index (χ2v) is 23.9. The summed E-state index contributed by atoms with van der Waals surface area (Å²) in [6.07, 6.45) is 1.57. The highest BCUT2D eigenvalue weighted by Gasteiger charge is 2.63. The minimum atomic E-state index is -1.25. The van der Waals surface area contributed by atoms with Crippen LogP contribution in [0, 0.1) is 28.4 Å². The fraction of sp³-hybridized carbons (Fsp3) is 0.344. The van der Waals surface area contributed by atoms with Crippen molar-refractivity contribution in [3.05, 3.63) is 165 Å². The van der Waals surface area contributed by atoms with Crippen molar-refractivity contribution >= 4 is 35.1 Å². The molecule has 0 unspecified atom stereocenters. The van der Waals surface area contributed by atoms with E-state index in [0.29, 0.717) is 46.0 Å². The van der Waals surface area contributed by atoms with E-state index in [1.165, 1.54) is 37.6 Å². The molecule has 0 fully saturated rings. The zero-order chi connectivity index (χ0) is 60.4. The van der Waals surface area contributed by atoms with E-state index in [4.69, 9.17) is 58.4 Å². The molecule has 2 spiro atoms. The van der Waals surface area contributed by atoms with E-state index in [1.807, 2.05) is 78.8 Å². The molecule has 0 saturated carbocycles. The van der Waals surface area contributed by atoms with Gasteiger partial charge in [-0.15, -0.1) is 0 Å². The third-order valence-electron chi connectivity index (χ3n) is 16.2. The minimum Gasteiger partial charge on any atom is -0.469 e. The molecule has 14 rings (SSSR count). The SMILES string of the molecule is CC(C)(C)[C@@H]1NC(=O)[C@@H](N)Cc2ccc3c(c2)[C@@]2(c4cc(F)ccc4N[C@@H]2O3)c2oc1nc2-c1nc(C(N)=O)co1.CO.COC(=O)c1coc(-c2nc3oc2[C@@]24c5cc(F)ccc5N[C@@H]2Oc2ccc(cc24)C[C@H](C)C(=O)N[C@H]3C(C)(C)C)n1. The number of oxazole rings is 4. The lowest BCUT2D eigenvalue weighted by atomic mass is 9.72. The Hall–Kier alpha value is -9.42. The van der Waals surface area contributed by atoms with Crippen molar-refractivity contribution in [3.8, 4) is 34.7 Å². The van der Waals surface area contributed by atoms with Gasteiger partial charge in [-0.1, -0.05) is 72.7 Å². The third kappa shape index (κ3) is 8.86. The van der Waals surface area contributed by atoms with Crippen molar-refractivity contribution in [3.63, 3.8) is 0 Å². The van der Waals surface area contributed by atoms with Gasteiger partial charge in [0.05, 0.1) is 13.2 Å². The van der Waals surface area contributed by atoms with E-state index in [2.05, 4.69) is 31.2 Å². The average Bonchev–Trinajstić information content (AvgIpc) is 1.55. The first-order valence-corrected chi connectivity index (χ1v) is 27.3. The molecule has 6 aliphatic rings. The van der Waals surface area contributed by atoms with Crippen LogP contribution in [0.3, 0.4) is 0 Å². The zero-order valence-electron chi connectivity index (χ0n) is 47.6. The number of anilines is 2. The van der Waals surface area contributed by atoms with Crippen LogP contribution in [-0.4, -0.2) is 81.5 Å². The topological polar surface area (TPSA) is 320 Å². The molecule has 9 N–H and O–H groups in total. The van der Waals surface area contributed by atoms with E-state index >= 15 is 0 Å². The summed E-state index contributed by atoms with van der Waals surface area (Å²) < 4.78 is 72.5. The van der Waals surface area contributed by atoms with Gasteiger partial charge in [0.25, 0.3) is 5.91 Å². The van der Waals surface area contributed by atoms with Crippen molar-refractivity contribution in [2.45, 2.75) is 103 Å². The van der Waals surface area contributed by atoms with Gasteiger partial charge in [-0.2, -0.15) is 0 Å². The number of esters is 1. The van der Waals surface area contributed by atoms with Gasteiger partial charge < -0.3 is 69.7 Å². The molecule has 3 amide bonds.